The van der Waals surface area contributed by atoms with E-state index in [0.29, 0.717) is 17.2 Å². The molecule has 5 heteroatoms. The lowest BCUT2D eigenvalue weighted by atomic mass is 9.97. The van der Waals surface area contributed by atoms with Crippen LogP contribution in [0.4, 0.5) is 0 Å². The number of hydrogen-bond acceptors (Lipinski definition) is 3. The third-order valence-electron chi connectivity index (χ3n) is 4.89. The van der Waals surface area contributed by atoms with Gasteiger partial charge in [0.1, 0.15) is 11.5 Å². The second kappa shape index (κ2) is 8.08. The lowest BCUT2D eigenvalue weighted by Crippen LogP contribution is -2.41. The molecule has 1 amide bonds. The fourth-order valence-electron chi connectivity index (χ4n) is 3.59. The van der Waals surface area contributed by atoms with Gasteiger partial charge in [-0.2, -0.15) is 0 Å². The lowest BCUT2D eigenvalue weighted by Gasteiger charge is -2.33. The van der Waals surface area contributed by atoms with Crippen LogP contribution in [0.3, 0.4) is 0 Å². The van der Waals surface area contributed by atoms with E-state index in [-0.39, 0.29) is 5.91 Å². The maximum Gasteiger partial charge on any atom is 0.253 e. The Morgan fingerprint density at radius 2 is 1.96 bits per heavy atom. The van der Waals surface area contributed by atoms with Crippen LogP contribution in [0.1, 0.15) is 23.2 Å². The van der Waals surface area contributed by atoms with Crippen LogP contribution < -0.4 is 4.74 Å². The van der Waals surface area contributed by atoms with Crippen molar-refractivity contribution >= 4 is 5.91 Å². The Morgan fingerprint density at radius 3 is 2.78 bits per heavy atom. The SMILES string of the molecule is O=C(c1cccc(Oc2ccccc2)c1)N1CCC[C@@H](Cn2ccnc2)C1. The molecule has 1 saturated heterocycles. The summed E-state index contributed by atoms with van der Waals surface area (Å²) < 4.78 is 7.96. The first kappa shape index (κ1) is 17.3. The van der Waals surface area contributed by atoms with Gasteiger partial charge in [-0.05, 0) is 49.1 Å². The number of piperidine rings is 1. The summed E-state index contributed by atoms with van der Waals surface area (Å²) in [4.78, 5) is 19.1. The van der Waals surface area contributed by atoms with Crippen molar-refractivity contribution in [2.45, 2.75) is 19.4 Å². The van der Waals surface area contributed by atoms with E-state index in [2.05, 4.69) is 9.55 Å². The van der Waals surface area contributed by atoms with Crippen molar-refractivity contribution < 1.29 is 9.53 Å². The van der Waals surface area contributed by atoms with Crippen LogP contribution in [0.5, 0.6) is 11.5 Å². The smallest absolute Gasteiger partial charge is 0.253 e. The molecule has 2 aromatic carbocycles. The highest BCUT2D eigenvalue weighted by atomic mass is 16.5. The fraction of sp³-hybridized carbons (Fsp3) is 0.273. The predicted octanol–water partition coefficient (Wildman–Crippen LogP) is 4.23. The zero-order valence-electron chi connectivity index (χ0n) is 15.2. The summed E-state index contributed by atoms with van der Waals surface area (Å²) in [6.45, 7) is 2.49. The molecule has 0 radical (unpaired) electrons. The number of likely N-dealkylation sites (tertiary alicyclic amines) is 1. The van der Waals surface area contributed by atoms with E-state index < -0.39 is 0 Å². The molecule has 138 valence electrons. The summed E-state index contributed by atoms with van der Waals surface area (Å²) in [6.07, 6.45) is 7.78. The van der Waals surface area contributed by atoms with E-state index in [0.717, 1.165) is 38.2 Å². The molecule has 3 aromatic rings. The molecule has 0 N–H and O–H groups in total. The Kier molecular flexibility index (Phi) is 5.19. The summed E-state index contributed by atoms with van der Waals surface area (Å²) in [5, 5.41) is 0. The van der Waals surface area contributed by atoms with Crippen LogP contribution in [-0.2, 0) is 6.54 Å². The van der Waals surface area contributed by atoms with E-state index in [1.807, 2.05) is 72.0 Å². The van der Waals surface area contributed by atoms with Crippen LogP contribution in [0.2, 0.25) is 0 Å². The molecular weight excluding hydrogens is 338 g/mol. The van der Waals surface area contributed by atoms with E-state index in [1.165, 1.54) is 0 Å². The molecule has 0 saturated carbocycles. The number of ether oxygens (including phenoxy) is 1. The van der Waals surface area contributed by atoms with Crippen LogP contribution in [0.25, 0.3) is 0 Å². The van der Waals surface area contributed by atoms with Gasteiger partial charge in [-0.25, -0.2) is 4.98 Å². The highest BCUT2D eigenvalue weighted by Crippen LogP contribution is 2.24. The van der Waals surface area contributed by atoms with Gasteiger partial charge in [-0.15, -0.1) is 0 Å². The van der Waals surface area contributed by atoms with Crippen LogP contribution in [0.15, 0.2) is 73.3 Å². The van der Waals surface area contributed by atoms with Gasteiger partial charge in [0.2, 0.25) is 0 Å². The second-order valence-electron chi connectivity index (χ2n) is 6.96. The quantitative estimate of drug-likeness (QED) is 0.683. The standard InChI is InChI=1S/C22H23N3O2/c26-22(25-12-5-6-18(16-25)15-24-13-11-23-17-24)19-7-4-10-21(14-19)27-20-8-2-1-3-9-20/h1-4,7-11,13-14,17-18H,5-6,12,15-16H2/t18-/m0/s1. The Bertz CT molecular complexity index is 878. The minimum atomic E-state index is 0.0730. The van der Waals surface area contributed by atoms with E-state index in [4.69, 9.17) is 4.74 Å². The van der Waals surface area contributed by atoms with Crippen molar-refractivity contribution in [1.29, 1.82) is 0 Å². The molecule has 1 aromatic heterocycles. The Morgan fingerprint density at radius 1 is 1.11 bits per heavy atom. The first-order chi connectivity index (χ1) is 13.3. The highest BCUT2D eigenvalue weighted by Gasteiger charge is 2.25. The number of amides is 1. The van der Waals surface area contributed by atoms with Crippen molar-refractivity contribution in [2.24, 2.45) is 5.92 Å². The van der Waals surface area contributed by atoms with Crippen LogP contribution in [0, 0.1) is 5.92 Å². The molecule has 27 heavy (non-hydrogen) atoms. The Labute approximate surface area is 159 Å². The molecule has 5 nitrogen and oxygen atoms in total. The average Bonchev–Trinajstić information content (AvgIpc) is 3.22. The summed E-state index contributed by atoms with van der Waals surface area (Å²) in [5.74, 6) is 1.98. The van der Waals surface area contributed by atoms with Gasteiger partial charge in [0, 0.05) is 37.6 Å². The molecule has 0 bridgehead atoms. The van der Waals surface area contributed by atoms with Gasteiger partial charge in [0.15, 0.2) is 0 Å². The molecule has 1 fully saturated rings. The Balaban J connectivity index is 1.43. The highest BCUT2D eigenvalue weighted by molar-refractivity contribution is 5.94. The summed E-state index contributed by atoms with van der Waals surface area (Å²) >= 11 is 0. The van der Waals surface area contributed by atoms with E-state index in [9.17, 15) is 4.79 Å². The third-order valence-corrected chi connectivity index (χ3v) is 4.89. The number of rotatable bonds is 5. The fourth-order valence-corrected chi connectivity index (χ4v) is 3.59. The minimum absolute atomic E-state index is 0.0730. The van der Waals surface area contributed by atoms with Crippen molar-refractivity contribution in [2.75, 3.05) is 13.1 Å². The van der Waals surface area contributed by atoms with Crippen molar-refractivity contribution in [3.05, 3.63) is 78.9 Å². The number of imidazole rings is 1. The van der Waals surface area contributed by atoms with Gasteiger partial charge >= 0.3 is 0 Å². The maximum absolute atomic E-state index is 13.0. The summed E-state index contributed by atoms with van der Waals surface area (Å²) in [6, 6.07) is 17.1. The monoisotopic (exact) mass is 361 g/mol. The second-order valence-corrected chi connectivity index (χ2v) is 6.96. The predicted molar refractivity (Wildman–Crippen MR) is 104 cm³/mol. The molecule has 1 aliphatic rings. The maximum atomic E-state index is 13.0. The van der Waals surface area contributed by atoms with Crippen molar-refractivity contribution in [3.63, 3.8) is 0 Å². The first-order valence-corrected chi connectivity index (χ1v) is 9.36. The zero-order chi connectivity index (χ0) is 18.5. The first-order valence-electron chi connectivity index (χ1n) is 9.36. The van der Waals surface area contributed by atoms with E-state index in [1.54, 1.807) is 6.20 Å². The molecular formula is C22H23N3O2. The minimum Gasteiger partial charge on any atom is -0.457 e. The van der Waals surface area contributed by atoms with Crippen molar-refractivity contribution in [1.82, 2.24) is 14.5 Å². The molecule has 2 heterocycles. The topological polar surface area (TPSA) is 47.4 Å². The average molecular weight is 361 g/mol. The summed E-state index contributed by atoms with van der Waals surface area (Å²) in [7, 11) is 0. The van der Waals surface area contributed by atoms with Gasteiger partial charge in [0.05, 0.1) is 6.33 Å². The molecule has 1 atom stereocenters. The van der Waals surface area contributed by atoms with Gasteiger partial charge in [0.25, 0.3) is 5.91 Å². The number of aromatic nitrogens is 2. The number of para-hydroxylation sites is 1. The molecule has 0 aliphatic carbocycles. The molecule has 1 aliphatic heterocycles. The Hall–Kier alpha value is -3.08. The van der Waals surface area contributed by atoms with Gasteiger partial charge in [-0.3, -0.25) is 4.79 Å². The molecule has 4 rings (SSSR count). The largest absolute Gasteiger partial charge is 0.457 e. The van der Waals surface area contributed by atoms with Crippen LogP contribution >= 0.6 is 0 Å². The van der Waals surface area contributed by atoms with E-state index >= 15 is 0 Å². The van der Waals surface area contributed by atoms with Gasteiger partial charge < -0.3 is 14.2 Å². The molecule has 0 spiro atoms. The lowest BCUT2D eigenvalue weighted by molar-refractivity contribution is 0.0662. The normalized spacial score (nSPS) is 16.9. The zero-order valence-corrected chi connectivity index (χ0v) is 15.2. The van der Waals surface area contributed by atoms with Crippen molar-refractivity contribution in [3.8, 4) is 11.5 Å². The van der Waals surface area contributed by atoms with Gasteiger partial charge in [-0.1, -0.05) is 24.3 Å². The third kappa shape index (κ3) is 4.37. The number of hydrogen-bond donors (Lipinski definition) is 0. The number of carbonyl (C=O) groups is 1. The summed E-state index contributed by atoms with van der Waals surface area (Å²) in [5.41, 5.74) is 0.673. The number of benzene rings is 2. The number of nitrogens with zero attached hydrogens (tertiary/aromatic N) is 3. The number of carbonyl (C=O) groups excluding carboxylic acids is 1. The molecule has 0 unspecified atom stereocenters. The van der Waals surface area contributed by atoms with Crippen LogP contribution in [-0.4, -0.2) is 33.4 Å².